The minimum atomic E-state index is -0.678. The molecule has 2 aliphatic rings. The van der Waals surface area contributed by atoms with E-state index in [4.69, 9.17) is 4.74 Å². The Bertz CT molecular complexity index is 959. The molecular weight excluding hydrogens is 442 g/mol. The maximum absolute atomic E-state index is 12.7. The number of hydrogen-bond donors (Lipinski definition) is 2. The Morgan fingerprint density at radius 1 is 1.15 bits per heavy atom. The molecule has 2 atom stereocenters. The number of nitrogens with zero attached hydrogens (tertiary/aromatic N) is 3. The Kier molecular flexibility index (Phi) is 7.32. The Morgan fingerprint density at radius 2 is 1.76 bits per heavy atom. The molecule has 1 aromatic rings. The van der Waals surface area contributed by atoms with Gasteiger partial charge in [-0.15, -0.1) is 0 Å². The van der Waals surface area contributed by atoms with Crippen molar-refractivity contribution in [1.29, 1.82) is 0 Å². The fourth-order valence-electron chi connectivity index (χ4n) is 4.37. The summed E-state index contributed by atoms with van der Waals surface area (Å²) in [5.41, 5.74) is -0.264. The van der Waals surface area contributed by atoms with Crippen LogP contribution in [0.4, 0.5) is 16.2 Å². The van der Waals surface area contributed by atoms with E-state index in [1.54, 1.807) is 24.8 Å². The van der Waals surface area contributed by atoms with Crippen molar-refractivity contribution < 1.29 is 24.0 Å². The quantitative estimate of drug-likeness (QED) is 0.476. The first-order chi connectivity index (χ1) is 15.8. The molecule has 11 nitrogen and oxygen atoms in total. The number of nitro groups is 1. The minimum absolute atomic E-state index is 0.0806. The van der Waals surface area contributed by atoms with E-state index in [9.17, 15) is 24.5 Å². The number of fused-ring (bicyclic) bond motifs is 1. The van der Waals surface area contributed by atoms with Gasteiger partial charge in [-0.3, -0.25) is 19.7 Å². The molecule has 2 saturated heterocycles. The number of benzene rings is 1. The van der Waals surface area contributed by atoms with E-state index in [0.29, 0.717) is 31.9 Å². The van der Waals surface area contributed by atoms with Crippen molar-refractivity contribution in [1.82, 2.24) is 15.5 Å². The number of ether oxygens (including phenoxy) is 1. The summed E-state index contributed by atoms with van der Waals surface area (Å²) < 4.78 is 5.47. The molecule has 2 aliphatic heterocycles. The average Bonchev–Trinajstić information content (AvgIpc) is 3.29. The molecule has 1 aromatic carbocycles. The van der Waals surface area contributed by atoms with Crippen molar-refractivity contribution in [2.24, 2.45) is 11.8 Å². The SMILES string of the molecule is CC(C)NC(=O)CNC(=O)c1cc(N2CC3CN(C(=O)OC(C)(C)C)CC3C2)ccc1[N+](=O)[O-]. The zero-order valence-corrected chi connectivity index (χ0v) is 20.3. The van der Waals surface area contributed by atoms with Gasteiger partial charge in [0.05, 0.1) is 11.5 Å². The van der Waals surface area contributed by atoms with Gasteiger partial charge >= 0.3 is 6.09 Å². The first kappa shape index (κ1) is 25.3. The maximum Gasteiger partial charge on any atom is 0.410 e. The van der Waals surface area contributed by atoms with Crippen molar-refractivity contribution in [3.8, 4) is 0 Å². The van der Waals surface area contributed by atoms with Gasteiger partial charge < -0.3 is 25.2 Å². The summed E-state index contributed by atoms with van der Waals surface area (Å²) in [4.78, 5) is 51.6. The van der Waals surface area contributed by atoms with Crippen LogP contribution in [0.5, 0.6) is 0 Å². The third-order valence-electron chi connectivity index (χ3n) is 5.78. The third kappa shape index (κ3) is 6.15. The lowest BCUT2D eigenvalue weighted by molar-refractivity contribution is -0.385. The molecule has 2 fully saturated rings. The Morgan fingerprint density at radius 3 is 2.29 bits per heavy atom. The second kappa shape index (κ2) is 9.86. The van der Waals surface area contributed by atoms with Gasteiger partial charge in [0.25, 0.3) is 11.6 Å². The highest BCUT2D eigenvalue weighted by Gasteiger charge is 2.43. The summed E-state index contributed by atoms with van der Waals surface area (Å²) in [5, 5.41) is 16.6. The number of nitrogens with one attached hydrogen (secondary N) is 2. The van der Waals surface area contributed by atoms with Gasteiger partial charge in [0.1, 0.15) is 11.2 Å². The summed E-state index contributed by atoms with van der Waals surface area (Å²) in [6, 6.07) is 4.37. The average molecular weight is 476 g/mol. The van der Waals surface area contributed by atoms with Crippen LogP contribution >= 0.6 is 0 Å². The van der Waals surface area contributed by atoms with Crippen molar-refractivity contribution in [2.75, 3.05) is 37.6 Å². The van der Waals surface area contributed by atoms with E-state index in [1.165, 1.54) is 12.1 Å². The first-order valence-corrected chi connectivity index (χ1v) is 11.4. The highest BCUT2D eigenvalue weighted by molar-refractivity contribution is 6.00. The fraction of sp³-hybridized carbons (Fsp3) is 0.609. The summed E-state index contributed by atoms with van der Waals surface area (Å²) >= 11 is 0. The molecule has 34 heavy (non-hydrogen) atoms. The normalized spacial score (nSPS) is 19.7. The molecule has 3 rings (SSSR count). The molecule has 2 unspecified atom stereocenters. The van der Waals surface area contributed by atoms with E-state index >= 15 is 0 Å². The Labute approximate surface area is 198 Å². The molecule has 3 amide bonds. The standard InChI is InChI=1S/C23H33N5O6/c1-14(2)25-20(29)9-24-21(30)18-8-17(6-7-19(18)28(32)33)26-10-15-12-27(13-16(15)11-26)22(31)34-23(3,4)5/h6-8,14-16H,9-13H2,1-5H3,(H,24,30)(H,25,29). The number of likely N-dealkylation sites (tertiary alicyclic amines) is 1. The van der Waals surface area contributed by atoms with Crippen molar-refractivity contribution in [2.45, 2.75) is 46.3 Å². The van der Waals surface area contributed by atoms with E-state index in [-0.39, 0.29) is 47.7 Å². The second-order valence-electron chi connectivity index (χ2n) is 10.2. The van der Waals surface area contributed by atoms with Crippen LogP contribution in [0.3, 0.4) is 0 Å². The van der Waals surface area contributed by atoms with Crippen LogP contribution in [-0.4, -0.2) is 72.1 Å². The number of carbonyl (C=O) groups is 3. The van der Waals surface area contributed by atoms with Gasteiger partial charge in [0.2, 0.25) is 5.91 Å². The lowest BCUT2D eigenvalue weighted by Gasteiger charge is -2.26. The molecule has 11 heteroatoms. The zero-order chi connectivity index (χ0) is 25.2. The van der Waals surface area contributed by atoms with Crippen LogP contribution < -0.4 is 15.5 Å². The summed E-state index contributed by atoms with van der Waals surface area (Å²) in [6.45, 7) is 11.3. The molecule has 0 bridgehead atoms. The third-order valence-corrected chi connectivity index (χ3v) is 5.78. The lowest BCUT2D eigenvalue weighted by Crippen LogP contribution is -2.40. The van der Waals surface area contributed by atoms with Gasteiger partial charge in [0.15, 0.2) is 0 Å². The number of amides is 3. The molecule has 2 N–H and O–H groups in total. The summed E-state index contributed by atoms with van der Waals surface area (Å²) in [6.07, 6.45) is -0.316. The first-order valence-electron chi connectivity index (χ1n) is 11.4. The van der Waals surface area contributed by atoms with Crippen LogP contribution in [-0.2, 0) is 9.53 Å². The van der Waals surface area contributed by atoms with Crippen LogP contribution in [0, 0.1) is 22.0 Å². The van der Waals surface area contributed by atoms with Gasteiger partial charge in [-0.1, -0.05) is 0 Å². The minimum Gasteiger partial charge on any atom is -0.444 e. The highest BCUT2D eigenvalue weighted by Crippen LogP contribution is 2.36. The van der Waals surface area contributed by atoms with Crippen molar-refractivity contribution >= 4 is 29.3 Å². The molecule has 0 aromatic heterocycles. The fourth-order valence-corrected chi connectivity index (χ4v) is 4.37. The van der Waals surface area contributed by atoms with Crippen LogP contribution in [0.15, 0.2) is 18.2 Å². The predicted octanol–water partition coefficient (Wildman–Crippen LogP) is 2.15. The van der Waals surface area contributed by atoms with Crippen LogP contribution in [0.25, 0.3) is 0 Å². The molecule has 0 aliphatic carbocycles. The largest absolute Gasteiger partial charge is 0.444 e. The number of nitro benzene ring substituents is 1. The van der Waals surface area contributed by atoms with E-state index in [2.05, 4.69) is 15.5 Å². The maximum atomic E-state index is 12.7. The van der Waals surface area contributed by atoms with Crippen molar-refractivity contribution in [3.63, 3.8) is 0 Å². The number of hydrogen-bond acceptors (Lipinski definition) is 7. The summed E-state index contributed by atoms with van der Waals surface area (Å²) in [7, 11) is 0. The smallest absolute Gasteiger partial charge is 0.410 e. The monoisotopic (exact) mass is 475 g/mol. The van der Waals surface area contributed by atoms with Gasteiger partial charge in [-0.05, 0) is 46.8 Å². The number of rotatable bonds is 6. The Hall–Kier alpha value is -3.37. The molecule has 2 heterocycles. The molecule has 0 saturated carbocycles. The van der Waals surface area contributed by atoms with E-state index in [1.807, 2.05) is 20.8 Å². The summed E-state index contributed by atoms with van der Waals surface area (Å²) in [5.74, 6) is -0.550. The van der Waals surface area contributed by atoms with Crippen LogP contribution in [0.1, 0.15) is 45.0 Å². The van der Waals surface area contributed by atoms with E-state index < -0.39 is 16.4 Å². The second-order valence-corrected chi connectivity index (χ2v) is 10.2. The van der Waals surface area contributed by atoms with Gasteiger partial charge in [0, 0.05) is 55.8 Å². The lowest BCUT2D eigenvalue weighted by atomic mass is 10.0. The van der Waals surface area contributed by atoms with Gasteiger partial charge in [-0.2, -0.15) is 0 Å². The Balaban J connectivity index is 1.67. The molecule has 186 valence electrons. The number of anilines is 1. The van der Waals surface area contributed by atoms with Gasteiger partial charge in [-0.25, -0.2) is 4.79 Å². The molecule has 0 radical (unpaired) electrons. The zero-order valence-electron chi connectivity index (χ0n) is 20.3. The topological polar surface area (TPSA) is 134 Å². The molecule has 0 spiro atoms. The predicted molar refractivity (Wildman–Crippen MR) is 126 cm³/mol. The van der Waals surface area contributed by atoms with Crippen molar-refractivity contribution in [3.05, 3.63) is 33.9 Å². The van der Waals surface area contributed by atoms with E-state index in [0.717, 1.165) is 0 Å². The number of carbonyl (C=O) groups excluding carboxylic acids is 3. The highest BCUT2D eigenvalue weighted by atomic mass is 16.6. The van der Waals surface area contributed by atoms with Crippen LogP contribution in [0.2, 0.25) is 0 Å². The molecular formula is C23H33N5O6.